The molecule has 4 rings (SSSR count). The van der Waals surface area contributed by atoms with Gasteiger partial charge in [0.1, 0.15) is 16.8 Å². The second-order valence-corrected chi connectivity index (χ2v) is 11.2. The Kier molecular flexibility index (Phi) is 10.2. The average Bonchev–Trinajstić information content (AvgIpc) is 3.30. The number of carbonyl (C=O) groups is 3. The highest BCUT2D eigenvalue weighted by Crippen LogP contribution is 2.35. The standard InChI is InChI=1S/C31H28N4O4S2/c1-3-26(40-24-16-10-13-22(17-24)33-27(36)19-39-23-14-8-5-9-15-23)29(37)35-31-25(18-32)20(2)28(41-31)30(38)34-21-11-6-4-7-12-21/h4-17,26H,3,19H2,1-2H3,(H,33,36)(H,34,38)(H,35,37). The van der Waals surface area contributed by atoms with Gasteiger partial charge in [0, 0.05) is 16.3 Å². The molecule has 3 amide bonds. The zero-order valence-corrected chi connectivity index (χ0v) is 24.1. The van der Waals surface area contributed by atoms with Crippen molar-refractivity contribution in [3.63, 3.8) is 0 Å². The van der Waals surface area contributed by atoms with E-state index in [0.717, 1.165) is 16.2 Å². The summed E-state index contributed by atoms with van der Waals surface area (Å²) in [6.45, 7) is 3.46. The van der Waals surface area contributed by atoms with E-state index in [9.17, 15) is 19.6 Å². The first kappa shape index (κ1) is 29.4. The Morgan fingerprint density at radius 3 is 2.29 bits per heavy atom. The zero-order chi connectivity index (χ0) is 29.2. The van der Waals surface area contributed by atoms with Crippen LogP contribution in [-0.4, -0.2) is 29.6 Å². The summed E-state index contributed by atoms with van der Waals surface area (Å²) in [6.07, 6.45) is 0.519. The number of rotatable bonds is 11. The molecule has 3 aromatic carbocycles. The highest BCUT2D eigenvalue weighted by Gasteiger charge is 2.25. The third-order valence-corrected chi connectivity index (χ3v) is 8.47. The van der Waals surface area contributed by atoms with Crippen LogP contribution in [0.3, 0.4) is 0 Å². The van der Waals surface area contributed by atoms with E-state index in [-0.39, 0.29) is 29.9 Å². The molecule has 0 aliphatic rings. The van der Waals surface area contributed by atoms with Crippen molar-refractivity contribution in [2.24, 2.45) is 0 Å². The summed E-state index contributed by atoms with van der Waals surface area (Å²) in [6, 6.07) is 27.4. The Morgan fingerprint density at radius 2 is 1.61 bits per heavy atom. The number of para-hydroxylation sites is 2. The van der Waals surface area contributed by atoms with Gasteiger partial charge >= 0.3 is 0 Å². The molecule has 208 valence electrons. The number of thioether (sulfide) groups is 1. The number of amides is 3. The first-order chi connectivity index (χ1) is 19.9. The summed E-state index contributed by atoms with van der Waals surface area (Å²) in [5.74, 6) is -0.320. The lowest BCUT2D eigenvalue weighted by atomic mass is 10.1. The molecule has 0 aliphatic carbocycles. The molecule has 1 unspecified atom stereocenters. The predicted molar refractivity (Wildman–Crippen MR) is 164 cm³/mol. The SMILES string of the molecule is CCC(Sc1cccc(NC(=O)COc2ccccc2)c1)C(=O)Nc1sc(C(=O)Nc2ccccc2)c(C)c1C#N. The quantitative estimate of drug-likeness (QED) is 0.169. The fourth-order valence-corrected chi connectivity index (χ4v) is 5.92. The van der Waals surface area contributed by atoms with Crippen LogP contribution in [0.4, 0.5) is 16.4 Å². The Morgan fingerprint density at radius 1 is 0.927 bits per heavy atom. The van der Waals surface area contributed by atoms with Gasteiger partial charge in [-0.05, 0) is 61.4 Å². The number of nitrogens with zero attached hydrogens (tertiary/aromatic N) is 1. The summed E-state index contributed by atoms with van der Waals surface area (Å²) < 4.78 is 5.50. The predicted octanol–water partition coefficient (Wildman–Crippen LogP) is 6.71. The summed E-state index contributed by atoms with van der Waals surface area (Å²) in [5.41, 5.74) is 2.01. The first-order valence-electron chi connectivity index (χ1n) is 12.8. The minimum atomic E-state index is -0.474. The van der Waals surface area contributed by atoms with Gasteiger partial charge in [0.2, 0.25) is 5.91 Å². The molecule has 41 heavy (non-hydrogen) atoms. The van der Waals surface area contributed by atoms with Crippen molar-refractivity contribution >= 4 is 57.2 Å². The molecule has 0 bridgehead atoms. The number of ether oxygens (including phenoxy) is 1. The Labute approximate surface area is 246 Å². The number of thiophene rings is 1. The van der Waals surface area contributed by atoms with Crippen molar-refractivity contribution in [3.05, 3.63) is 101 Å². The topological polar surface area (TPSA) is 120 Å². The Balaban J connectivity index is 1.39. The van der Waals surface area contributed by atoms with Crippen LogP contribution >= 0.6 is 23.1 Å². The number of anilines is 3. The van der Waals surface area contributed by atoms with E-state index in [4.69, 9.17) is 4.74 Å². The van der Waals surface area contributed by atoms with Gasteiger partial charge in [-0.25, -0.2) is 0 Å². The first-order valence-corrected chi connectivity index (χ1v) is 14.5. The van der Waals surface area contributed by atoms with E-state index in [2.05, 4.69) is 22.0 Å². The molecular formula is C31H28N4O4S2. The van der Waals surface area contributed by atoms with Gasteiger partial charge in [-0.3, -0.25) is 14.4 Å². The van der Waals surface area contributed by atoms with E-state index in [1.807, 2.05) is 49.4 Å². The monoisotopic (exact) mass is 584 g/mol. The lowest BCUT2D eigenvalue weighted by Crippen LogP contribution is -2.24. The molecule has 0 radical (unpaired) electrons. The van der Waals surface area contributed by atoms with Crippen LogP contribution in [-0.2, 0) is 9.59 Å². The van der Waals surface area contributed by atoms with Crippen LogP contribution in [0.15, 0.2) is 89.8 Å². The molecule has 4 aromatic rings. The molecule has 0 saturated heterocycles. The minimum Gasteiger partial charge on any atom is -0.484 e. The second-order valence-electron chi connectivity index (χ2n) is 8.87. The van der Waals surface area contributed by atoms with Crippen molar-refractivity contribution in [2.45, 2.75) is 30.4 Å². The number of carbonyl (C=O) groups excluding carboxylic acids is 3. The van der Waals surface area contributed by atoms with Gasteiger partial charge in [-0.1, -0.05) is 49.4 Å². The number of nitriles is 1. The number of benzene rings is 3. The fraction of sp³-hybridized carbons (Fsp3) is 0.161. The van der Waals surface area contributed by atoms with Gasteiger partial charge in [-0.15, -0.1) is 23.1 Å². The van der Waals surface area contributed by atoms with Gasteiger partial charge in [0.25, 0.3) is 11.8 Å². The molecular weight excluding hydrogens is 556 g/mol. The van der Waals surface area contributed by atoms with Crippen molar-refractivity contribution in [2.75, 3.05) is 22.6 Å². The highest BCUT2D eigenvalue weighted by atomic mass is 32.2. The fourth-order valence-electron chi connectivity index (χ4n) is 3.85. The zero-order valence-electron chi connectivity index (χ0n) is 22.5. The summed E-state index contributed by atoms with van der Waals surface area (Å²) in [4.78, 5) is 39.7. The Hall–Kier alpha value is -4.59. The van der Waals surface area contributed by atoms with E-state index in [1.165, 1.54) is 11.8 Å². The van der Waals surface area contributed by atoms with E-state index in [1.54, 1.807) is 49.4 Å². The van der Waals surface area contributed by atoms with Crippen LogP contribution in [0, 0.1) is 18.3 Å². The maximum Gasteiger partial charge on any atom is 0.266 e. The maximum absolute atomic E-state index is 13.3. The van der Waals surface area contributed by atoms with Crippen LogP contribution in [0.1, 0.15) is 34.1 Å². The summed E-state index contributed by atoms with van der Waals surface area (Å²) in [7, 11) is 0. The van der Waals surface area contributed by atoms with Crippen LogP contribution in [0.2, 0.25) is 0 Å². The van der Waals surface area contributed by atoms with Crippen LogP contribution < -0.4 is 20.7 Å². The molecule has 0 saturated carbocycles. The van der Waals surface area contributed by atoms with E-state index in [0.29, 0.717) is 39.0 Å². The largest absolute Gasteiger partial charge is 0.484 e. The van der Waals surface area contributed by atoms with Crippen molar-refractivity contribution in [1.29, 1.82) is 5.26 Å². The van der Waals surface area contributed by atoms with Gasteiger partial charge < -0.3 is 20.7 Å². The highest BCUT2D eigenvalue weighted by molar-refractivity contribution is 8.00. The second kappa shape index (κ2) is 14.2. The van der Waals surface area contributed by atoms with Crippen molar-refractivity contribution in [3.8, 4) is 11.8 Å². The third-order valence-electron chi connectivity index (χ3n) is 5.91. The van der Waals surface area contributed by atoms with Crippen LogP contribution in [0.25, 0.3) is 0 Å². The minimum absolute atomic E-state index is 0.131. The molecule has 0 fully saturated rings. The van der Waals surface area contributed by atoms with Gasteiger partial charge in [0.15, 0.2) is 6.61 Å². The maximum atomic E-state index is 13.3. The Bertz CT molecular complexity index is 1570. The molecule has 1 atom stereocenters. The molecule has 0 aliphatic heterocycles. The molecule has 1 heterocycles. The van der Waals surface area contributed by atoms with Gasteiger partial charge in [-0.2, -0.15) is 5.26 Å². The van der Waals surface area contributed by atoms with E-state index >= 15 is 0 Å². The van der Waals surface area contributed by atoms with Crippen LogP contribution in [0.5, 0.6) is 5.75 Å². The number of nitrogens with one attached hydrogen (secondary N) is 3. The lowest BCUT2D eigenvalue weighted by Gasteiger charge is -2.15. The van der Waals surface area contributed by atoms with Gasteiger partial charge in [0.05, 0.1) is 15.7 Å². The lowest BCUT2D eigenvalue weighted by molar-refractivity contribution is -0.118. The molecule has 10 heteroatoms. The van der Waals surface area contributed by atoms with Crippen molar-refractivity contribution in [1.82, 2.24) is 0 Å². The molecule has 0 spiro atoms. The average molecular weight is 585 g/mol. The number of hydrogen-bond donors (Lipinski definition) is 3. The summed E-state index contributed by atoms with van der Waals surface area (Å²) in [5, 5.41) is 18.1. The molecule has 3 N–H and O–H groups in total. The van der Waals surface area contributed by atoms with Crippen molar-refractivity contribution < 1.29 is 19.1 Å². The molecule has 1 aromatic heterocycles. The number of hydrogen-bond acceptors (Lipinski definition) is 7. The normalized spacial score (nSPS) is 11.1. The summed E-state index contributed by atoms with van der Waals surface area (Å²) >= 11 is 2.43. The third kappa shape index (κ3) is 7.97. The van der Waals surface area contributed by atoms with E-state index < -0.39 is 5.25 Å². The molecule has 8 nitrogen and oxygen atoms in total. The smallest absolute Gasteiger partial charge is 0.266 e.